The predicted molar refractivity (Wildman–Crippen MR) is 164 cm³/mol. The number of fused-ring (bicyclic) bond motifs is 7. The van der Waals surface area contributed by atoms with Gasteiger partial charge in [-0.3, -0.25) is 9.05 Å². The molecule has 2 fully saturated rings. The molecule has 0 aromatic heterocycles. The fourth-order valence-corrected chi connectivity index (χ4v) is 10.1. The topological polar surface area (TPSA) is 73.8 Å². The summed E-state index contributed by atoms with van der Waals surface area (Å²) in [6, 6.07) is 30.7. The van der Waals surface area contributed by atoms with Crippen LogP contribution in [0.4, 0.5) is 0 Å². The van der Waals surface area contributed by atoms with Crippen LogP contribution in [0.25, 0.3) is 22.3 Å². The van der Waals surface area contributed by atoms with Gasteiger partial charge in [0.25, 0.3) is 0 Å². The monoisotopic (exact) mass is 638 g/mol. The highest BCUT2D eigenvalue weighted by Gasteiger charge is 2.53. The zero-order valence-corrected chi connectivity index (χ0v) is 25.4. The predicted octanol–water partition coefficient (Wildman–Crippen LogP) is 7.28. The molecule has 4 aliphatic heterocycles. The van der Waals surface area contributed by atoms with E-state index >= 15 is 0 Å². The van der Waals surface area contributed by atoms with Gasteiger partial charge in [-0.05, 0) is 24.3 Å². The summed E-state index contributed by atoms with van der Waals surface area (Å²) >= 11 is 11.8. The summed E-state index contributed by atoms with van der Waals surface area (Å²) in [7, 11) is 0. The quantitative estimate of drug-likeness (QED) is 0.213. The molecule has 0 bridgehead atoms. The molecule has 4 unspecified atom stereocenters. The fourth-order valence-electron chi connectivity index (χ4n) is 5.62. The molecule has 0 aliphatic carbocycles. The molecular formula is C30H24O8P2S2. The summed E-state index contributed by atoms with van der Waals surface area (Å²) in [5.41, 5.74) is 3.56. The molecule has 42 heavy (non-hydrogen) atoms. The number of benzene rings is 4. The van der Waals surface area contributed by atoms with E-state index in [1.165, 1.54) is 0 Å². The summed E-state index contributed by atoms with van der Waals surface area (Å²) in [5, 5.41) is 0. The van der Waals surface area contributed by atoms with Gasteiger partial charge >= 0.3 is 13.4 Å². The highest BCUT2D eigenvalue weighted by Crippen LogP contribution is 2.60. The molecule has 4 aromatic rings. The Hall–Kier alpha value is -2.78. The van der Waals surface area contributed by atoms with Crippen molar-refractivity contribution < 1.29 is 36.6 Å². The van der Waals surface area contributed by atoms with E-state index in [2.05, 4.69) is 0 Å². The van der Waals surface area contributed by atoms with Gasteiger partial charge in [0, 0.05) is 45.9 Å². The number of ether oxygens (including phenoxy) is 2. The van der Waals surface area contributed by atoms with Crippen molar-refractivity contribution in [3.63, 3.8) is 0 Å². The molecule has 0 saturated carbocycles. The highest BCUT2D eigenvalue weighted by atomic mass is 32.5. The van der Waals surface area contributed by atoms with Crippen LogP contribution in [0.15, 0.2) is 97.1 Å². The second-order valence-corrected chi connectivity index (χ2v) is 15.8. The van der Waals surface area contributed by atoms with Crippen molar-refractivity contribution in [1.82, 2.24) is 0 Å². The molecule has 2 saturated heterocycles. The third-order valence-corrected chi connectivity index (χ3v) is 11.6. The van der Waals surface area contributed by atoms with E-state index in [4.69, 9.17) is 60.2 Å². The lowest BCUT2D eigenvalue weighted by Crippen LogP contribution is -2.34. The summed E-state index contributed by atoms with van der Waals surface area (Å²) in [6.07, 6.45) is -2.01. The van der Waals surface area contributed by atoms with Crippen LogP contribution in [0.2, 0.25) is 0 Å². The van der Waals surface area contributed by atoms with Gasteiger partial charge in [0.1, 0.15) is 47.4 Å². The van der Waals surface area contributed by atoms with Crippen LogP contribution in [-0.2, 0) is 42.1 Å². The van der Waals surface area contributed by atoms with Crippen LogP contribution >= 0.6 is 13.4 Å². The van der Waals surface area contributed by atoms with Crippen molar-refractivity contribution in [3.8, 4) is 45.3 Å². The Kier molecular flexibility index (Phi) is 6.67. The third-order valence-electron chi connectivity index (χ3n) is 7.46. The van der Waals surface area contributed by atoms with Crippen molar-refractivity contribution >= 4 is 37.1 Å². The van der Waals surface area contributed by atoms with Crippen molar-refractivity contribution in [2.45, 2.75) is 24.4 Å². The zero-order valence-electron chi connectivity index (χ0n) is 21.9. The second-order valence-electron chi connectivity index (χ2n) is 10.1. The molecule has 4 atom stereocenters. The van der Waals surface area contributed by atoms with Gasteiger partial charge in [0.2, 0.25) is 0 Å². The SMILES string of the molecule is S=P1(OC2COC3C(OP4(=S)Oc5ccccc5-c5ccccc5O4)COC23)Oc2ccccc2-c2ccccc2O1. The first-order chi connectivity index (χ1) is 20.5. The van der Waals surface area contributed by atoms with Gasteiger partial charge in [0.05, 0.1) is 13.2 Å². The van der Waals surface area contributed by atoms with Crippen LogP contribution in [0.5, 0.6) is 23.0 Å². The van der Waals surface area contributed by atoms with Gasteiger partial charge in [-0.25, -0.2) is 0 Å². The molecule has 0 amide bonds. The van der Waals surface area contributed by atoms with Gasteiger partial charge < -0.3 is 27.6 Å². The van der Waals surface area contributed by atoms with E-state index < -0.39 is 37.9 Å². The summed E-state index contributed by atoms with van der Waals surface area (Å²) in [5.74, 6) is 2.43. The first-order valence-electron chi connectivity index (χ1n) is 13.4. The Morgan fingerprint density at radius 3 is 1.07 bits per heavy atom. The highest BCUT2D eigenvalue weighted by molar-refractivity contribution is 8.08. The molecule has 4 aromatic carbocycles. The fraction of sp³-hybridized carbons (Fsp3) is 0.200. The number of hydrogen-bond donors (Lipinski definition) is 0. The maximum Gasteiger partial charge on any atom is 0.435 e. The Bertz CT molecular complexity index is 1550. The second kappa shape index (κ2) is 10.4. The molecule has 0 N–H and O–H groups in total. The molecule has 0 radical (unpaired) electrons. The summed E-state index contributed by atoms with van der Waals surface area (Å²) < 4.78 is 50.2. The molecule has 12 heteroatoms. The van der Waals surface area contributed by atoms with Crippen LogP contribution < -0.4 is 18.1 Å². The Balaban J connectivity index is 1.02. The molecule has 214 valence electrons. The minimum absolute atomic E-state index is 0.222. The lowest BCUT2D eigenvalue weighted by atomic mass is 10.0. The van der Waals surface area contributed by atoms with Crippen LogP contribution in [0.3, 0.4) is 0 Å². The lowest BCUT2D eigenvalue weighted by Gasteiger charge is -2.26. The molecule has 8 rings (SSSR count). The number of rotatable bonds is 4. The van der Waals surface area contributed by atoms with Crippen LogP contribution in [0.1, 0.15) is 0 Å². The average Bonchev–Trinajstić information content (AvgIpc) is 3.49. The van der Waals surface area contributed by atoms with Crippen molar-refractivity contribution in [2.24, 2.45) is 0 Å². The smallest absolute Gasteiger partial charge is 0.415 e. The average molecular weight is 639 g/mol. The summed E-state index contributed by atoms with van der Waals surface area (Å²) in [6.45, 7) is -6.15. The van der Waals surface area contributed by atoms with Crippen LogP contribution in [0, 0.1) is 0 Å². The largest absolute Gasteiger partial charge is 0.435 e. The number of para-hydroxylation sites is 4. The Morgan fingerprint density at radius 2 is 0.762 bits per heavy atom. The molecule has 4 heterocycles. The first kappa shape index (κ1) is 26.8. The lowest BCUT2D eigenvalue weighted by molar-refractivity contribution is 0.0130. The molecular weight excluding hydrogens is 614 g/mol. The molecule has 8 nitrogen and oxygen atoms in total. The summed E-state index contributed by atoms with van der Waals surface area (Å²) in [4.78, 5) is 0. The zero-order chi connectivity index (χ0) is 28.3. The maximum atomic E-state index is 6.42. The Labute approximate surface area is 252 Å². The van der Waals surface area contributed by atoms with E-state index in [1.807, 2.05) is 97.1 Å². The van der Waals surface area contributed by atoms with Gasteiger partial charge in [-0.1, -0.05) is 72.8 Å². The third kappa shape index (κ3) is 4.77. The Morgan fingerprint density at radius 1 is 0.476 bits per heavy atom. The van der Waals surface area contributed by atoms with E-state index in [-0.39, 0.29) is 13.2 Å². The van der Waals surface area contributed by atoms with Crippen LogP contribution in [-0.4, -0.2) is 37.6 Å². The van der Waals surface area contributed by atoms with Crippen molar-refractivity contribution in [2.75, 3.05) is 13.2 Å². The van der Waals surface area contributed by atoms with E-state index in [9.17, 15) is 0 Å². The van der Waals surface area contributed by atoms with Gasteiger partial charge in [0.15, 0.2) is 0 Å². The molecule has 0 spiro atoms. The number of hydrogen-bond acceptors (Lipinski definition) is 10. The van der Waals surface area contributed by atoms with Gasteiger partial charge in [-0.2, -0.15) is 0 Å². The maximum absolute atomic E-state index is 6.42. The first-order valence-corrected chi connectivity index (χ1v) is 18.5. The molecule has 4 aliphatic rings. The van der Waals surface area contributed by atoms with E-state index in [0.29, 0.717) is 23.0 Å². The normalized spacial score (nSPS) is 25.8. The minimum atomic E-state index is -3.30. The van der Waals surface area contributed by atoms with Crippen molar-refractivity contribution in [3.05, 3.63) is 97.1 Å². The standard InChI is InChI=1S/C30H24O8P2S2/c41-39(33-23-13-5-1-9-19(23)20-10-2-6-14-24(20)34-39)37-27-17-31-30-28(18-32-29(27)30)38-40(42)35-25-15-7-3-11-21(25)22-12-4-8-16-26(22)36-40/h1-16,27-30H,17-18H2. The minimum Gasteiger partial charge on any atom is -0.415 e. The van der Waals surface area contributed by atoms with E-state index in [0.717, 1.165) is 22.3 Å². The van der Waals surface area contributed by atoms with E-state index in [1.54, 1.807) is 0 Å². The van der Waals surface area contributed by atoms with Gasteiger partial charge in [-0.15, -0.1) is 0 Å². The van der Waals surface area contributed by atoms with Crippen molar-refractivity contribution in [1.29, 1.82) is 0 Å².